The van der Waals surface area contributed by atoms with E-state index in [9.17, 15) is 4.79 Å². The fourth-order valence-electron chi connectivity index (χ4n) is 2.79. The van der Waals surface area contributed by atoms with Crippen LogP contribution >= 0.6 is 0 Å². The molecule has 0 radical (unpaired) electrons. The number of benzene rings is 1. The lowest BCUT2D eigenvalue weighted by molar-refractivity contribution is -0.132. The van der Waals surface area contributed by atoms with Crippen molar-refractivity contribution in [3.05, 3.63) is 29.8 Å². The molecule has 1 aliphatic heterocycles. The summed E-state index contributed by atoms with van der Waals surface area (Å²) < 4.78 is 5.04. The number of hydrogen-bond donors (Lipinski definition) is 1. The van der Waals surface area contributed by atoms with Gasteiger partial charge in [0, 0.05) is 39.0 Å². The molecule has 0 saturated carbocycles. The van der Waals surface area contributed by atoms with Gasteiger partial charge in [0.15, 0.2) is 0 Å². The molecule has 20 heavy (non-hydrogen) atoms. The zero-order valence-electron chi connectivity index (χ0n) is 12.6. The van der Waals surface area contributed by atoms with Gasteiger partial charge in [-0.3, -0.25) is 4.79 Å². The number of fused-ring (bicyclic) bond motifs is 1. The number of anilines is 1. The van der Waals surface area contributed by atoms with Crippen LogP contribution in [-0.2, 0) is 9.53 Å². The third-order valence-corrected chi connectivity index (χ3v) is 3.84. The average Bonchev–Trinajstić information content (AvgIpc) is 2.45. The van der Waals surface area contributed by atoms with Gasteiger partial charge in [-0.1, -0.05) is 18.2 Å². The number of hydrogen-bond acceptors (Lipinski definition) is 3. The highest BCUT2D eigenvalue weighted by molar-refractivity contribution is 5.86. The number of carbonyl (C=O) groups excluding carboxylic acids is 1. The molecule has 1 amide bonds. The van der Waals surface area contributed by atoms with Crippen LogP contribution in [0, 0.1) is 0 Å². The van der Waals surface area contributed by atoms with Gasteiger partial charge >= 0.3 is 0 Å². The third kappa shape index (κ3) is 3.31. The first-order valence-electron chi connectivity index (χ1n) is 7.23. The molecule has 1 aliphatic rings. The number of carbonyl (C=O) groups is 1. The molecule has 0 saturated heterocycles. The predicted molar refractivity (Wildman–Crippen MR) is 81.0 cm³/mol. The highest BCUT2D eigenvalue weighted by atomic mass is 16.5. The first kappa shape index (κ1) is 14.9. The lowest BCUT2D eigenvalue weighted by atomic mass is 9.86. The molecule has 2 unspecified atom stereocenters. The van der Waals surface area contributed by atoms with Gasteiger partial charge in [0.1, 0.15) is 0 Å². The number of likely N-dealkylation sites (N-methyl/N-ethyl adjacent to an activating group) is 1. The van der Waals surface area contributed by atoms with Gasteiger partial charge < -0.3 is 15.0 Å². The summed E-state index contributed by atoms with van der Waals surface area (Å²) in [6.07, 6.45) is 1.73. The van der Waals surface area contributed by atoms with E-state index in [-0.39, 0.29) is 11.8 Å². The van der Waals surface area contributed by atoms with Crippen molar-refractivity contribution in [2.45, 2.75) is 31.7 Å². The number of para-hydroxylation sites is 1. The van der Waals surface area contributed by atoms with Crippen molar-refractivity contribution < 1.29 is 9.53 Å². The van der Waals surface area contributed by atoms with Crippen molar-refractivity contribution in [1.29, 1.82) is 0 Å². The SMILES string of the molecule is COCCCN(C)C(=O)C1CC(C)Nc2ccccc21. The van der Waals surface area contributed by atoms with Crippen LogP contribution < -0.4 is 5.32 Å². The van der Waals surface area contributed by atoms with Crippen LogP contribution in [0.25, 0.3) is 0 Å². The van der Waals surface area contributed by atoms with Crippen molar-refractivity contribution >= 4 is 11.6 Å². The fourth-order valence-corrected chi connectivity index (χ4v) is 2.79. The Morgan fingerprint density at radius 1 is 1.45 bits per heavy atom. The number of rotatable bonds is 5. The van der Waals surface area contributed by atoms with E-state index in [0.717, 1.165) is 30.6 Å². The van der Waals surface area contributed by atoms with Gasteiger partial charge in [-0.15, -0.1) is 0 Å². The molecular weight excluding hydrogens is 252 g/mol. The Bertz CT molecular complexity index is 462. The number of nitrogens with zero attached hydrogens (tertiary/aromatic N) is 1. The standard InChI is InChI=1S/C16H24N2O2/c1-12-11-14(13-7-4-5-8-15(13)17-12)16(19)18(2)9-6-10-20-3/h4-5,7-8,12,14,17H,6,9-11H2,1-3H3. The van der Waals surface area contributed by atoms with Gasteiger partial charge in [0.05, 0.1) is 5.92 Å². The monoisotopic (exact) mass is 276 g/mol. The quantitative estimate of drug-likeness (QED) is 0.840. The highest BCUT2D eigenvalue weighted by Gasteiger charge is 2.31. The molecule has 1 aromatic carbocycles. The minimum atomic E-state index is -0.0324. The Kier molecular flexibility index (Phi) is 5.01. The number of amides is 1. The molecule has 4 nitrogen and oxygen atoms in total. The smallest absolute Gasteiger partial charge is 0.230 e. The topological polar surface area (TPSA) is 41.6 Å². The summed E-state index contributed by atoms with van der Waals surface area (Å²) in [5, 5.41) is 3.45. The molecule has 4 heteroatoms. The van der Waals surface area contributed by atoms with E-state index in [2.05, 4.69) is 24.4 Å². The summed E-state index contributed by atoms with van der Waals surface area (Å²) in [6.45, 7) is 3.56. The molecule has 110 valence electrons. The predicted octanol–water partition coefficient (Wildman–Crippen LogP) is 2.47. The van der Waals surface area contributed by atoms with E-state index < -0.39 is 0 Å². The number of nitrogens with one attached hydrogen (secondary N) is 1. The lowest BCUT2D eigenvalue weighted by Gasteiger charge is -2.33. The first-order valence-corrected chi connectivity index (χ1v) is 7.23. The van der Waals surface area contributed by atoms with Crippen LogP contribution in [0.3, 0.4) is 0 Å². The van der Waals surface area contributed by atoms with E-state index in [1.165, 1.54) is 0 Å². The Hall–Kier alpha value is -1.55. The minimum absolute atomic E-state index is 0.0324. The Morgan fingerprint density at radius 2 is 2.20 bits per heavy atom. The van der Waals surface area contributed by atoms with Gasteiger partial charge in [0.2, 0.25) is 5.91 Å². The van der Waals surface area contributed by atoms with Crippen molar-refractivity contribution in [2.75, 3.05) is 32.6 Å². The zero-order chi connectivity index (χ0) is 14.5. The molecule has 0 aromatic heterocycles. The maximum Gasteiger partial charge on any atom is 0.230 e. The molecule has 0 fully saturated rings. The molecule has 0 spiro atoms. The summed E-state index contributed by atoms with van der Waals surface area (Å²) >= 11 is 0. The second-order valence-corrected chi connectivity index (χ2v) is 5.53. The van der Waals surface area contributed by atoms with Crippen LogP contribution in [0.1, 0.15) is 31.2 Å². The van der Waals surface area contributed by atoms with Crippen LogP contribution in [0.2, 0.25) is 0 Å². The van der Waals surface area contributed by atoms with E-state index in [0.29, 0.717) is 12.6 Å². The van der Waals surface area contributed by atoms with Crippen molar-refractivity contribution in [3.8, 4) is 0 Å². The maximum atomic E-state index is 12.7. The summed E-state index contributed by atoms with van der Waals surface area (Å²) in [6, 6.07) is 8.44. The van der Waals surface area contributed by atoms with E-state index in [1.807, 2.05) is 24.1 Å². The van der Waals surface area contributed by atoms with Crippen molar-refractivity contribution in [3.63, 3.8) is 0 Å². The van der Waals surface area contributed by atoms with Crippen LogP contribution in [0.5, 0.6) is 0 Å². The van der Waals surface area contributed by atoms with Gasteiger partial charge in [-0.2, -0.15) is 0 Å². The van der Waals surface area contributed by atoms with Crippen LogP contribution in [-0.4, -0.2) is 44.2 Å². The van der Waals surface area contributed by atoms with Gasteiger partial charge in [0.25, 0.3) is 0 Å². The third-order valence-electron chi connectivity index (χ3n) is 3.84. The van der Waals surface area contributed by atoms with Gasteiger partial charge in [-0.25, -0.2) is 0 Å². The molecule has 1 aromatic rings. The number of ether oxygens (including phenoxy) is 1. The second kappa shape index (κ2) is 6.75. The molecular formula is C16H24N2O2. The Labute approximate surface area is 121 Å². The maximum absolute atomic E-state index is 12.7. The molecule has 1 N–H and O–H groups in total. The Balaban J connectivity index is 2.09. The largest absolute Gasteiger partial charge is 0.385 e. The van der Waals surface area contributed by atoms with E-state index in [1.54, 1.807) is 7.11 Å². The molecule has 0 bridgehead atoms. The fraction of sp³-hybridized carbons (Fsp3) is 0.562. The van der Waals surface area contributed by atoms with E-state index >= 15 is 0 Å². The van der Waals surface area contributed by atoms with Gasteiger partial charge in [-0.05, 0) is 31.4 Å². The number of methoxy groups -OCH3 is 1. The Morgan fingerprint density at radius 3 is 2.95 bits per heavy atom. The first-order chi connectivity index (χ1) is 9.63. The highest BCUT2D eigenvalue weighted by Crippen LogP contribution is 2.35. The van der Waals surface area contributed by atoms with E-state index in [4.69, 9.17) is 4.74 Å². The van der Waals surface area contributed by atoms with Crippen molar-refractivity contribution in [2.24, 2.45) is 0 Å². The average molecular weight is 276 g/mol. The molecule has 1 heterocycles. The zero-order valence-corrected chi connectivity index (χ0v) is 12.6. The summed E-state index contributed by atoms with van der Waals surface area (Å²) in [4.78, 5) is 14.5. The normalized spacial score (nSPS) is 20.9. The summed E-state index contributed by atoms with van der Waals surface area (Å²) in [5.41, 5.74) is 2.21. The van der Waals surface area contributed by atoms with Crippen LogP contribution in [0.15, 0.2) is 24.3 Å². The lowest BCUT2D eigenvalue weighted by Crippen LogP contribution is -2.37. The second-order valence-electron chi connectivity index (χ2n) is 5.53. The van der Waals surface area contributed by atoms with Crippen LogP contribution in [0.4, 0.5) is 5.69 Å². The molecule has 0 aliphatic carbocycles. The summed E-state index contributed by atoms with van der Waals surface area (Å²) in [5.74, 6) is 0.178. The molecule has 2 rings (SSSR count). The molecule has 2 atom stereocenters. The summed E-state index contributed by atoms with van der Waals surface area (Å²) in [7, 11) is 3.57. The van der Waals surface area contributed by atoms with Crippen molar-refractivity contribution in [1.82, 2.24) is 4.90 Å². The minimum Gasteiger partial charge on any atom is -0.385 e.